The van der Waals surface area contributed by atoms with Crippen LogP contribution in [0.25, 0.3) is 11.1 Å². The summed E-state index contributed by atoms with van der Waals surface area (Å²) in [5.74, 6) is 0.117. The van der Waals surface area contributed by atoms with Gasteiger partial charge in [-0.05, 0) is 42.5 Å². The van der Waals surface area contributed by atoms with Crippen LogP contribution in [-0.4, -0.2) is 10.5 Å². The second-order valence-corrected chi connectivity index (χ2v) is 6.39. The molecule has 5 heteroatoms. The Hall–Kier alpha value is -2.82. The summed E-state index contributed by atoms with van der Waals surface area (Å²) in [5, 5.41) is 2.95. The van der Waals surface area contributed by atoms with Gasteiger partial charge in [-0.1, -0.05) is 30.3 Å². The predicted molar refractivity (Wildman–Crippen MR) is 91.8 cm³/mol. The van der Waals surface area contributed by atoms with Crippen molar-refractivity contribution in [3.05, 3.63) is 64.6 Å². The molecule has 0 saturated heterocycles. The number of anilines is 1. The maximum Gasteiger partial charge on any atom is 0.419 e. The average molecular weight is 322 g/mol. The van der Waals surface area contributed by atoms with E-state index in [2.05, 4.69) is 17.4 Å². The summed E-state index contributed by atoms with van der Waals surface area (Å²) in [6.07, 6.45) is 1.86. The van der Waals surface area contributed by atoms with Crippen molar-refractivity contribution in [2.75, 3.05) is 5.32 Å². The number of rotatable bonds is 4. The van der Waals surface area contributed by atoms with Gasteiger partial charge in [-0.2, -0.15) is 0 Å². The molecule has 0 aliphatic heterocycles. The molecule has 1 aromatic heterocycles. The summed E-state index contributed by atoms with van der Waals surface area (Å²) in [4.78, 5) is 23.9. The summed E-state index contributed by atoms with van der Waals surface area (Å²) in [7, 11) is 1.65. The SMILES string of the molecule is Cn1c(=O)oc2ccc(NC(=O)C3CC3Cc3ccccc3)cc21. The molecule has 0 spiro atoms. The number of hydrogen-bond acceptors (Lipinski definition) is 3. The van der Waals surface area contributed by atoms with E-state index in [1.807, 2.05) is 18.2 Å². The zero-order chi connectivity index (χ0) is 16.7. The van der Waals surface area contributed by atoms with Crippen LogP contribution in [0.5, 0.6) is 0 Å². The summed E-state index contributed by atoms with van der Waals surface area (Å²) in [6.45, 7) is 0. The molecule has 1 N–H and O–H groups in total. The number of nitrogens with zero attached hydrogens (tertiary/aromatic N) is 1. The highest BCUT2D eigenvalue weighted by atomic mass is 16.4. The van der Waals surface area contributed by atoms with E-state index in [-0.39, 0.29) is 11.8 Å². The van der Waals surface area contributed by atoms with Crippen LogP contribution in [-0.2, 0) is 18.3 Å². The molecule has 5 nitrogen and oxygen atoms in total. The van der Waals surface area contributed by atoms with E-state index in [9.17, 15) is 9.59 Å². The zero-order valence-corrected chi connectivity index (χ0v) is 13.4. The molecule has 3 aromatic rings. The van der Waals surface area contributed by atoms with Crippen molar-refractivity contribution in [2.24, 2.45) is 18.9 Å². The van der Waals surface area contributed by atoms with Gasteiger partial charge in [-0.15, -0.1) is 0 Å². The van der Waals surface area contributed by atoms with Crippen molar-refractivity contribution in [1.82, 2.24) is 4.57 Å². The lowest BCUT2D eigenvalue weighted by Gasteiger charge is -2.05. The summed E-state index contributed by atoms with van der Waals surface area (Å²) >= 11 is 0. The molecule has 1 aliphatic rings. The first-order chi connectivity index (χ1) is 11.6. The van der Waals surface area contributed by atoms with E-state index in [4.69, 9.17) is 4.42 Å². The largest absolute Gasteiger partial charge is 0.419 e. The molecule has 2 aromatic carbocycles. The predicted octanol–water partition coefficient (Wildman–Crippen LogP) is 2.95. The number of aryl methyl sites for hydroxylation is 1. The zero-order valence-electron chi connectivity index (χ0n) is 13.4. The van der Waals surface area contributed by atoms with Gasteiger partial charge in [0.05, 0.1) is 5.52 Å². The number of nitrogens with one attached hydrogen (secondary N) is 1. The number of benzene rings is 2. The van der Waals surface area contributed by atoms with Gasteiger partial charge >= 0.3 is 5.76 Å². The Morgan fingerprint density at radius 3 is 2.83 bits per heavy atom. The van der Waals surface area contributed by atoms with Crippen LogP contribution in [0.1, 0.15) is 12.0 Å². The van der Waals surface area contributed by atoms with Gasteiger partial charge in [0.1, 0.15) is 0 Å². The Labute approximate surface area is 138 Å². The molecule has 0 radical (unpaired) electrons. The molecule has 1 saturated carbocycles. The molecule has 4 rings (SSSR count). The third-order valence-corrected chi connectivity index (χ3v) is 4.66. The van der Waals surface area contributed by atoms with Crippen LogP contribution in [0.4, 0.5) is 5.69 Å². The van der Waals surface area contributed by atoms with Crippen LogP contribution >= 0.6 is 0 Å². The highest BCUT2D eigenvalue weighted by molar-refractivity contribution is 5.96. The van der Waals surface area contributed by atoms with Gasteiger partial charge in [0.15, 0.2) is 5.58 Å². The Kier molecular flexibility index (Phi) is 3.49. The molecule has 1 heterocycles. The molecule has 2 unspecified atom stereocenters. The highest BCUT2D eigenvalue weighted by Gasteiger charge is 2.42. The van der Waals surface area contributed by atoms with Crippen molar-refractivity contribution in [3.8, 4) is 0 Å². The van der Waals surface area contributed by atoms with Gasteiger partial charge in [0.2, 0.25) is 5.91 Å². The lowest BCUT2D eigenvalue weighted by atomic mass is 10.1. The van der Waals surface area contributed by atoms with E-state index < -0.39 is 5.76 Å². The van der Waals surface area contributed by atoms with Gasteiger partial charge < -0.3 is 9.73 Å². The van der Waals surface area contributed by atoms with E-state index >= 15 is 0 Å². The highest BCUT2D eigenvalue weighted by Crippen LogP contribution is 2.41. The fourth-order valence-electron chi connectivity index (χ4n) is 3.15. The van der Waals surface area contributed by atoms with Crippen molar-refractivity contribution < 1.29 is 9.21 Å². The molecule has 24 heavy (non-hydrogen) atoms. The first kappa shape index (κ1) is 14.8. The van der Waals surface area contributed by atoms with E-state index in [0.717, 1.165) is 12.8 Å². The van der Waals surface area contributed by atoms with Gasteiger partial charge in [-0.25, -0.2) is 4.79 Å². The third-order valence-electron chi connectivity index (χ3n) is 4.66. The second-order valence-electron chi connectivity index (χ2n) is 6.39. The molecule has 1 amide bonds. The number of aromatic nitrogens is 1. The average Bonchev–Trinajstić information content (AvgIpc) is 3.29. The normalized spacial score (nSPS) is 19.4. The minimum absolute atomic E-state index is 0.0452. The van der Waals surface area contributed by atoms with Crippen molar-refractivity contribution in [2.45, 2.75) is 12.8 Å². The molecule has 122 valence electrons. The second kappa shape index (κ2) is 5.67. The fraction of sp³-hybridized carbons (Fsp3) is 0.263. The third kappa shape index (κ3) is 2.73. The van der Waals surface area contributed by atoms with Crippen LogP contribution in [0.3, 0.4) is 0 Å². The number of carbonyl (C=O) groups is 1. The summed E-state index contributed by atoms with van der Waals surface area (Å²) in [6, 6.07) is 15.5. The Morgan fingerprint density at radius 1 is 1.25 bits per heavy atom. The maximum absolute atomic E-state index is 12.4. The van der Waals surface area contributed by atoms with E-state index in [0.29, 0.717) is 22.7 Å². The van der Waals surface area contributed by atoms with E-state index in [1.54, 1.807) is 25.2 Å². The lowest BCUT2D eigenvalue weighted by Crippen LogP contribution is -2.15. The quantitative estimate of drug-likeness (QED) is 0.803. The van der Waals surface area contributed by atoms with Crippen molar-refractivity contribution >= 4 is 22.7 Å². The Balaban J connectivity index is 1.43. The van der Waals surface area contributed by atoms with E-state index in [1.165, 1.54) is 10.1 Å². The van der Waals surface area contributed by atoms with Crippen LogP contribution in [0, 0.1) is 11.8 Å². The Morgan fingerprint density at radius 2 is 2.04 bits per heavy atom. The number of carbonyl (C=O) groups excluding carboxylic acids is 1. The number of amides is 1. The molecule has 1 aliphatic carbocycles. The number of hydrogen-bond donors (Lipinski definition) is 1. The molecule has 1 fully saturated rings. The maximum atomic E-state index is 12.4. The van der Waals surface area contributed by atoms with Gasteiger partial charge in [0.25, 0.3) is 0 Å². The molecule has 0 bridgehead atoms. The number of fused-ring (bicyclic) bond motifs is 1. The first-order valence-corrected chi connectivity index (χ1v) is 8.06. The molecular formula is C19H18N2O3. The van der Waals surface area contributed by atoms with Crippen molar-refractivity contribution in [1.29, 1.82) is 0 Å². The molecule has 2 atom stereocenters. The van der Waals surface area contributed by atoms with Crippen LogP contribution in [0.15, 0.2) is 57.7 Å². The number of oxazole rings is 1. The lowest BCUT2D eigenvalue weighted by molar-refractivity contribution is -0.117. The standard InChI is InChI=1S/C19H18N2O3/c1-21-16-11-14(7-8-17(16)24-19(21)23)20-18(22)15-10-13(15)9-12-5-3-2-4-6-12/h2-8,11,13,15H,9-10H2,1H3,(H,20,22). The van der Waals surface area contributed by atoms with Crippen LogP contribution < -0.4 is 11.1 Å². The molecular weight excluding hydrogens is 304 g/mol. The van der Waals surface area contributed by atoms with Crippen molar-refractivity contribution in [3.63, 3.8) is 0 Å². The summed E-state index contributed by atoms with van der Waals surface area (Å²) in [5.41, 5.74) is 3.16. The first-order valence-electron chi connectivity index (χ1n) is 8.06. The van der Waals surface area contributed by atoms with Gasteiger partial charge in [0, 0.05) is 18.7 Å². The van der Waals surface area contributed by atoms with Gasteiger partial charge in [-0.3, -0.25) is 9.36 Å². The minimum atomic E-state index is -0.404. The topological polar surface area (TPSA) is 64.2 Å². The Bertz CT molecular complexity index is 956. The fourth-order valence-corrected chi connectivity index (χ4v) is 3.15. The van der Waals surface area contributed by atoms with Crippen LogP contribution in [0.2, 0.25) is 0 Å². The smallest absolute Gasteiger partial charge is 0.408 e. The minimum Gasteiger partial charge on any atom is -0.408 e. The summed E-state index contributed by atoms with van der Waals surface area (Å²) < 4.78 is 6.53. The monoisotopic (exact) mass is 322 g/mol.